The maximum Gasteiger partial charge on any atom is 0.251 e. The van der Waals surface area contributed by atoms with E-state index < -0.39 is 0 Å². The molecule has 5 heteroatoms. The fourth-order valence-corrected chi connectivity index (χ4v) is 3.20. The molecule has 1 fully saturated rings. The molecule has 0 radical (unpaired) electrons. The zero-order chi connectivity index (χ0) is 18.4. The van der Waals surface area contributed by atoms with Gasteiger partial charge in [-0.1, -0.05) is 29.8 Å². The number of nitrogens with one attached hydrogen (secondary N) is 1. The zero-order valence-electron chi connectivity index (χ0n) is 15.1. The molecule has 0 aliphatic carbocycles. The lowest BCUT2D eigenvalue weighted by atomic mass is 10.0. The number of carbonyl (C=O) groups excluding carboxylic acids is 1. The molecule has 1 atom stereocenters. The fourth-order valence-electron chi connectivity index (χ4n) is 3.20. The van der Waals surface area contributed by atoms with E-state index in [-0.39, 0.29) is 18.6 Å². The molecule has 1 saturated heterocycles. The number of rotatable bonds is 6. The van der Waals surface area contributed by atoms with Crippen LogP contribution in [0.15, 0.2) is 48.5 Å². The summed E-state index contributed by atoms with van der Waals surface area (Å²) in [6.07, 6.45) is 0.607. The third-order valence-electron chi connectivity index (χ3n) is 4.63. The predicted molar refractivity (Wildman–Crippen MR) is 103 cm³/mol. The summed E-state index contributed by atoms with van der Waals surface area (Å²) in [5, 5.41) is 12.6. The molecule has 26 heavy (non-hydrogen) atoms. The van der Waals surface area contributed by atoms with Gasteiger partial charge in [0.25, 0.3) is 5.91 Å². The Morgan fingerprint density at radius 2 is 1.92 bits per heavy atom. The first-order valence-electron chi connectivity index (χ1n) is 9.06. The topological polar surface area (TPSA) is 61.8 Å². The standard InChI is InChI=1S/C21H26N2O3/c1-16-3-2-4-17(13-16)14-19(15-24)22-21(25)18-5-7-20(8-6-18)23-9-11-26-12-10-23/h2-8,13,19,24H,9-12,14-15H2,1H3,(H,22,25). The highest BCUT2D eigenvalue weighted by Crippen LogP contribution is 2.17. The number of ether oxygens (including phenoxy) is 1. The van der Waals surface area contributed by atoms with Gasteiger partial charge < -0.3 is 20.1 Å². The van der Waals surface area contributed by atoms with Gasteiger partial charge in [0.05, 0.1) is 25.9 Å². The molecule has 1 aliphatic heterocycles. The number of benzene rings is 2. The summed E-state index contributed by atoms with van der Waals surface area (Å²) in [6, 6.07) is 15.4. The Bertz CT molecular complexity index is 724. The maximum atomic E-state index is 12.5. The van der Waals surface area contributed by atoms with Crippen LogP contribution in [0.3, 0.4) is 0 Å². The molecule has 1 aliphatic rings. The Kier molecular flexibility index (Phi) is 6.26. The maximum absolute atomic E-state index is 12.5. The second kappa shape index (κ2) is 8.83. The van der Waals surface area contributed by atoms with Crippen LogP contribution >= 0.6 is 0 Å². The molecule has 5 nitrogen and oxygen atoms in total. The van der Waals surface area contributed by atoms with Crippen molar-refractivity contribution in [3.8, 4) is 0 Å². The highest BCUT2D eigenvalue weighted by molar-refractivity contribution is 5.94. The Morgan fingerprint density at radius 3 is 2.58 bits per heavy atom. The van der Waals surface area contributed by atoms with E-state index >= 15 is 0 Å². The van der Waals surface area contributed by atoms with Crippen LogP contribution < -0.4 is 10.2 Å². The Balaban J connectivity index is 1.60. The van der Waals surface area contributed by atoms with E-state index in [1.807, 2.05) is 49.4 Å². The largest absolute Gasteiger partial charge is 0.394 e. The van der Waals surface area contributed by atoms with Gasteiger partial charge in [-0.3, -0.25) is 4.79 Å². The number of hydrogen-bond donors (Lipinski definition) is 2. The molecule has 138 valence electrons. The average Bonchev–Trinajstić information content (AvgIpc) is 2.68. The van der Waals surface area contributed by atoms with Crippen LogP contribution in [0, 0.1) is 6.92 Å². The highest BCUT2D eigenvalue weighted by atomic mass is 16.5. The number of aryl methyl sites for hydroxylation is 1. The van der Waals surface area contributed by atoms with Crippen molar-refractivity contribution >= 4 is 11.6 Å². The van der Waals surface area contributed by atoms with Gasteiger partial charge in [-0.05, 0) is 43.2 Å². The van der Waals surface area contributed by atoms with Gasteiger partial charge in [-0.25, -0.2) is 0 Å². The molecule has 0 aromatic heterocycles. The van der Waals surface area contributed by atoms with E-state index in [0.717, 1.165) is 37.6 Å². The summed E-state index contributed by atoms with van der Waals surface area (Å²) in [5.74, 6) is -0.162. The van der Waals surface area contributed by atoms with E-state index in [0.29, 0.717) is 12.0 Å². The summed E-state index contributed by atoms with van der Waals surface area (Å²) in [7, 11) is 0. The van der Waals surface area contributed by atoms with E-state index in [1.54, 1.807) is 0 Å². The molecule has 1 unspecified atom stereocenters. The lowest BCUT2D eigenvalue weighted by Crippen LogP contribution is -2.39. The molecule has 1 heterocycles. The van der Waals surface area contributed by atoms with E-state index in [2.05, 4.69) is 16.3 Å². The normalized spacial score (nSPS) is 15.5. The van der Waals surface area contributed by atoms with Gasteiger partial charge in [-0.15, -0.1) is 0 Å². The first-order chi connectivity index (χ1) is 12.7. The lowest BCUT2D eigenvalue weighted by molar-refractivity contribution is 0.0916. The molecule has 0 saturated carbocycles. The van der Waals surface area contributed by atoms with Crippen molar-refractivity contribution in [1.29, 1.82) is 0 Å². The van der Waals surface area contributed by atoms with Crippen molar-refractivity contribution in [2.45, 2.75) is 19.4 Å². The SMILES string of the molecule is Cc1cccc(CC(CO)NC(=O)c2ccc(N3CCOCC3)cc2)c1. The first kappa shape index (κ1) is 18.4. The van der Waals surface area contributed by atoms with Crippen molar-refractivity contribution in [2.75, 3.05) is 37.8 Å². The third-order valence-corrected chi connectivity index (χ3v) is 4.63. The summed E-state index contributed by atoms with van der Waals surface area (Å²) in [5.41, 5.74) is 3.98. The lowest BCUT2D eigenvalue weighted by Gasteiger charge is -2.28. The van der Waals surface area contributed by atoms with E-state index in [1.165, 1.54) is 5.56 Å². The first-order valence-corrected chi connectivity index (χ1v) is 9.06. The third kappa shape index (κ3) is 4.84. The molecule has 2 aromatic rings. The van der Waals surface area contributed by atoms with E-state index in [9.17, 15) is 9.90 Å². The van der Waals surface area contributed by atoms with Crippen LogP contribution in [0.2, 0.25) is 0 Å². The zero-order valence-corrected chi connectivity index (χ0v) is 15.1. The summed E-state index contributed by atoms with van der Waals surface area (Å²) >= 11 is 0. The second-order valence-electron chi connectivity index (χ2n) is 6.69. The van der Waals surface area contributed by atoms with Crippen LogP contribution in [-0.4, -0.2) is 50.0 Å². The smallest absolute Gasteiger partial charge is 0.251 e. The molecular weight excluding hydrogens is 328 g/mol. The van der Waals surface area contributed by atoms with Gasteiger partial charge in [-0.2, -0.15) is 0 Å². The van der Waals surface area contributed by atoms with Gasteiger partial charge in [0.1, 0.15) is 0 Å². The number of hydrogen-bond acceptors (Lipinski definition) is 4. The van der Waals surface area contributed by atoms with Gasteiger partial charge in [0.15, 0.2) is 0 Å². The molecule has 2 N–H and O–H groups in total. The van der Waals surface area contributed by atoms with Crippen molar-refractivity contribution in [2.24, 2.45) is 0 Å². The summed E-state index contributed by atoms with van der Waals surface area (Å²) < 4.78 is 5.37. The molecule has 1 amide bonds. The minimum absolute atomic E-state index is 0.0917. The number of anilines is 1. The quantitative estimate of drug-likeness (QED) is 0.835. The number of nitrogens with zero attached hydrogens (tertiary/aromatic N) is 1. The second-order valence-corrected chi connectivity index (χ2v) is 6.69. The number of aliphatic hydroxyl groups is 1. The Hall–Kier alpha value is -2.37. The van der Waals surface area contributed by atoms with Crippen molar-refractivity contribution in [1.82, 2.24) is 5.32 Å². The average molecular weight is 354 g/mol. The minimum Gasteiger partial charge on any atom is -0.394 e. The monoisotopic (exact) mass is 354 g/mol. The Morgan fingerprint density at radius 1 is 1.19 bits per heavy atom. The van der Waals surface area contributed by atoms with Crippen LogP contribution in [0.5, 0.6) is 0 Å². The number of morpholine rings is 1. The van der Waals surface area contributed by atoms with Gasteiger partial charge in [0, 0.05) is 24.3 Å². The predicted octanol–water partition coefficient (Wildman–Crippen LogP) is 2.17. The summed E-state index contributed by atoms with van der Waals surface area (Å²) in [4.78, 5) is 14.8. The van der Waals surface area contributed by atoms with Crippen molar-refractivity contribution < 1.29 is 14.6 Å². The van der Waals surface area contributed by atoms with Crippen LogP contribution in [0.1, 0.15) is 21.5 Å². The van der Waals surface area contributed by atoms with Gasteiger partial charge >= 0.3 is 0 Å². The van der Waals surface area contributed by atoms with Crippen molar-refractivity contribution in [3.05, 3.63) is 65.2 Å². The molecule has 0 spiro atoms. The van der Waals surface area contributed by atoms with Gasteiger partial charge in [0.2, 0.25) is 0 Å². The van der Waals surface area contributed by atoms with Crippen LogP contribution in [0.4, 0.5) is 5.69 Å². The number of carbonyl (C=O) groups is 1. The molecule has 3 rings (SSSR count). The molecule has 0 bridgehead atoms. The molecule has 2 aromatic carbocycles. The Labute approximate surface area is 154 Å². The van der Waals surface area contributed by atoms with Crippen LogP contribution in [-0.2, 0) is 11.2 Å². The van der Waals surface area contributed by atoms with E-state index in [4.69, 9.17) is 4.74 Å². The fraction of sp³-hybridized carbons (Fsp3) is 0.381. The highest BCUT2D eigenvalue weighted by Gasteiger charge is 2.15. The number of aliphatic hydroxyl groups excluding tert-OH is 1. The summed E-state index contributed by atoms with van der Waals surface area (Å²) in [6.45, 7) is 5.15. The number of amides is 1. The minimum atomic E-state index is -0.303. The van der Waals surface area contributed by atoms with Crippen molar-refractivity contribution in [3.63, 3.8) is 0 Å². The van der Waals surface area contributed by atoms with Crippen LogP contribution in [0.25, 0.3) is 0 Å². The molecular formula is C21H26N2O3.